The smallest absolute Gasteiger partial charge is 0.254 e. The van der Waals surface area contributed by atoms with Crippen LogP contribution < -0.4 is 11.1 Å². The summed E-state index contributed by atoms with van der Waals surface area (Å²) in [6.45, 7) is 3.25. The molecule has 10 heteroatoms. The van der Waals surface area contributed by atoms with Crippen molar-refractivity contribution in [3.8, 4) is 23.3 Å². The number of carbonyl (C=O) groups is 2. The van der Waals surface area contributed by atoms with Gasteiger partial charge in [-0.05, 0) is 41.5 Å². The van der Waals surface area contributed by atoms with E-state index < -0.39 is 29.4 Å². The maximum Gasteiger partial charge on any atom is 0.254 e. The van der Waals surface area contributed by atoms with E-state index in [0.29, 0.717) is 19.5 Å². The predicted octanol–water partition coefficient (Wildman–Crippen LogP) is 4.16. The molecule has 4 unspecified atom stereocenters. The van der Waals surface area contributed by atoms with Crippen LogP contribution in [0, 0.1) is 34.5 Å². The molecule has 2 amide bonds. The van der Waals surface area contributed by atoms with Crippen LogP contribution in [-0.4, -0.2) is 45.8 Å². The van der Waals surface area contributed by atoms with E-state index in [1.165, 1.54) is 16.4 Å². The van der Waals surface area contributed by atoms with E-state index in [4.69, 9.17) is 11.0 Å². The van der Waals surface area contributed by atoms with E-state index in [9.17, 15) is 14.9 Å². The summed E-state index contributed by atoms with van der Waals surface area (Å²) in [5.41, 5.74) is 8.75. The number of hydrogen-bond donors (Lipinski definition) is 2. The Morgan fingerprint density at radius 1 is 1.12 bits per heavy atom. The summed E-state index contributed by atoms with van der Waals surface area (Å²) >= 11 is 0. The van der Waals surface area contributed by atoms with Crippen LogP contribution >= 0.6 is 0 Å². The summed E-state index contributed by atoms with van der Waals surface area (Å²) in [5, 5.41) is 25.6. The van der Waals surface area contributed by atoms with Crippen molar-refractivity contribution in [3.05, 3.63) is 71.4 Å². The van der Waals surface area contributed by atoms with Crippen LogP contribution in [0.15, 0.2) is 54.7 Å². The van der Waals surface area contributed by atoms with Gasteiger partial charge in [-0.25, -0.2) is 4.39 Å². The first-order valence-corrected chi connectivity index (χ1v) is 13.8. The Hall–Kier alpha value is -4.54. The number of nitrogens with one attached hydrogen (secondary N) is 1. The minimum Gasteiger partial charge on any atom is -0.365 e. The predicted molar refractivity (Wildman–Crippen MR) is 151 cm³/mol. The Labute approximate surface area is 238 Å². The number of carbonyl (C=O) groups excluding carboxylic acids is 2. The molecule has 1 aliphatic carbocycles. The number of anilines is 1. The number of rotatable bonds is 9. The number of amides is 2. The van der Waals surface area contributed by atoms with Gasteiger partial charge in [0.05, 0.1) is 30.4 Å². The summed E-state index contributed by atoms with van der Waals surface area (Å²) in [5.74, 6) is -2.20. The molecule has 2 aliphatic rings. The Morgan fingerprint density at radius 2 is 1.78 bits per heavy atom. The molecule has 9 nitrogen and oxygen atoms in total. The number of hydrogen-bond acceptors (Lipinski definition) is 6. The second-order valence-corrected chi connectivity index (χ2v) is 10.9. The van der Waals surface area contributed by atoms with Crippen LogP contribution in [0.2, 0.25) is 0 Å². The standard InChI is InChI=1S/C31H32FN7O2/c1-2-20-3-7-22(8-4-20)23-9-5-21(6-10-23)17-38-14-12-31(11-13-33,27(32)19-38)39-18-26(28(35)40)29(37-39)36-30(41)25-15-24(25)16-34/h3-10,18,24-25,27H,2,11-12,14-15,17,19H2,1H3,(H2,35,40)(H,36,37,41). The Kier molecular flexibility index (Phi) is 7.87. The number of nitrogens with zero attached hydrogens (tertiary/aromatic N) is 5. The Bertz CT molecular complexity index is 1520. The second-order valence-electron chi connectivity index (χ2n) is 10.9. The van der Waals surface area contributed by atoms with E-state index in [1.807, 2.05) is 23.1 Å². The number of benzene rings is 2. The zero-order valence-electron chi connectivity index (χ0n) is 22.9. The van der Waals surface area contributed by atoms with Gasteiger partial charge in [0.15, 0.2) is 5.82 Å². The van der Waals surface area contributed by atoms with Gasteiger partial charge in [0, 0.05) is 25.8 Å². The van der Waals surface area contributed by atoms with Crippen LogP contribution in [0.1, 0.15) is 47.7 Å². The van der Waals surface area contributed by atoms with Crippen LogP contribution in [-0.2, 0) is 23.3 Å². The molecule has 0 radical (unpaired) electrons. The van der Waals surface area contributed by atoms with Crippen molar-refractivity contribution in [1.82, 2.24) is 14.7 Å². The lowest BCUT2D eigenvalue weighted by Crippen LogP contribution is -2.54. The van der Waals surface area contributed by atoms with Gasteiger partial charge in [0.1, 0.15) is 17.3 Å². The topological polar surface area (TPSA) is 141 Å². The van der Waals surface area contributed by atoms with E-state index in [2.05, 4.69) is 59.8 Å². The van der Waals surface area contributed by atoms with Crippen molar-refractivity contribution in [3.63, 3.8) is 0 Å². The van der Waals surface area contributed by atoms with Crippen LogP contribution in [0.4, 0.5) is 10.2 Å². The minimum atomic E-state index is -1.47. The highest BCUT2D eigenvalue weighted by Crippen LogP contribution is 2.40. The fraction of sp³-hybridized carbons (Fsp3) is 0.387. The first kappa shape index (κ1) is 28.0. The van der Waals surface area contributed by atoms with Gasteiger partial charge in [-0.2, -0.15) is 15.6 Å². The average Bonchev–Trinajstić information content (AvgIpc) is 3.66. The third-order valence-electron chi connectivity index (χ3n) is 8.27. The van der Waals surface area contributed by atoms with E-state index >= 15 is 4.39 Å². The van der Waals surface area contributed by atoms with Crippen molar-refractivity contribution in [1.29, 1.82) is 10.5 Å². The lowest BCUT2D eigenvalue weighted by atomic mass is 9.83. The molecule has 5 rings (SSSR count). The second kappa shape index (κ2) is 11.5. The van der Waals surface area contributed by atoms with Crippen molar-refractivity contribution in [2.75, 3.05) is 18.4 Å². The third-order valence-corrected chi connectivity index (χ3v) is 8.27. The molecular weight excluding hydrogens is 521 g/mol. The quantitative estimate of drug-likeness (QED) is 0.408. The number of aromatic nitrogens is 2. The molecule has 1 saturated heterocycles. The summed E-state index contributed by atoms with van der Waals surface area (Å²) in [4.78, 5) is 26.7. The molecule has 210 valence electrons. The first-order chi connectivity index (χ1) is 19.8. The van der Waals surface area contributed by atoms with Crippen LogP contribution in [0.3, 0.4) is 0 Å². The summed E-state index contributed by atoms with van der Waals surface area (Å²) in [6, 6.07) is 20.9. The molecule has 2 fully saturated rings. The molecule has 3 N–H and O–H groups in total. The van der Waals surface area contributed by atoms with E-state index in [0.717, 1.165) is 23.1 Å². The highest BCUT2D eigenvalue weighted by molar-refractivity contribution is 6.03. The molecule has 2 heterocycles. The molecule has 0 bridgehead atoms. The fourth-order valence-corrected chi connectivity index (χ4v) is 5.52. The number of likely N-dealkylation sites (tertiary alicyclic amines) is 1. The van der Waals surface area contributed by atoms with Crippen molar-refractivity contribution in [2.45, 2.75) is 50.9 Å². The van der Waals surface area contributed by atoms with Crippen molar-refractivity contribution < 1.29 is 14.0 Å². The van der Waals surface area contributed by atoms with Crippen LogP contribution in [0.5, 0.6) is 0 Å². The molecule has 3 aromatic rings. The highest BCUT2D eigenvalue weighted by atomic mass is 19.1. The minimum absolute atomic E-state index is 0.0659. The molecule has 1 aliphatic heterocycles. The normalized spacial score (nSPS) is 23.8. The molecule has 2 aromatic carbocycles. The number of piperidine rings is 1. The van der Waals surface area contributed by atoms with Gasteiger partial charge in [-0.1, -0.05) is 55.5 Å². The van der Waals surface area contributed by atoms with Crippen LogP contribution in [0.25, 0.3) is 11.1 Å². The van der Waals surface area contributed by atoms with Gasteiger partial charge in [0.2, 0.25) is 5.91 Å². The number of nitriles is 2. The number of halogens is 1. The zero-order chi connectivity index (χ0) is 29.1. The van der Waals surface area contributed by atoms with Gasteiger partial charge >= 0.3 is 0 Å². The molecule has 1 saturated carbocycles. The maximum atomic E-state index is 16.0. The fourth-order valence-electron chi connectivity index (χ4n) is 5.52. The molecular formula is C31H32FN7O2. The molecule has 4 atom stereocenters. The lowest BCUT2D eigenvalue weighted by molar-refractivity contribution is -0.117. The summed E-state index contributed by atoms with van der Waals surface area (Å²) in [6.07, 6.45) is 1.38. The number of aryl methyl sites for hydroxylation is 1. The van der Waals surface area contributed by atoms with E-state index in [-0.39, 0.29) is 36.7 Å². The van der Waals surface area contributed by atoms with E-state index in [1.54, 1.807) is 0 Å². The Balaban J connectivity index is 1.29. The van der Waals surface area contributed by atoms with Gasteiger partial charge in [0.25, 0.3) is 5.91 Å². The Morgan fingerprint density at radius 3 is 2.32 bits per heavy atom. The van der Waals surface area contributed by atoms with Gasteiger partial charge < -0.3 is 11.1 Å². The zero-order valence-corrected chi connectivity index (χ0v) is 22.9. The SMILES string of the molecule is CCc1ccc(-c2ccc(CN3CCC(CC#N)(n4cc(C(N)=O)c(NC(=O)C5CC5C#N)n4)C(F)C3)cc2)cc1. The monoisotopic (exact) mass is 553 g/mol. The summed E-state index contributed by atoms with van der Waals surface area (Å²) < 4.78 is 17.3. The maximum absolute atomic E-state index is 16.0. The molecule has 1 aromatic heterocycles. The third kappa shape index (κ3) is 5.70. The highest BCUT2D eigenvalue weighted by Gasteiger charge is 2.47. The van der Waals surface area contributed by atoms with Crippen molar-refractivity contribution >= 4 is 17.6 Å². The number of nitrogens with two attached hydrogens (primary N) is 1. The average molecular weight is 554 g/mol. The number of primary amides is 1. The van der Waals surface area contributed by atoms with Crippen molar-refractivity contribution in [2.24, 2.45) is 17.6 Å². The molecule has 41 heavy (non-hydrogen) atoms. The summed E-state index contributed by atoms with van der Waals surface area (Å²) in [7, 11) is 0. The van der Waals surface area contributed by atoms with Gasteiger partial charge in [-0.15, -0.1) is 0 Å². The largest absolute Gasteiger partial charge is 0.365 e. The van der Waals surface area contributed by atoms with Gasteiger partial charge in [-0.3, -0.25) is 19.2 Å². The number of alkyl halides is 1. The molecule has 0 spiro atoms. The first-order valence-electron chi connectivity index (χ1n) is 13.8. The lowest BCUT2D eigenvalue weighted by Gasteiger charge is -2.43.